The fourth-order valence-electron chi connectivity index (χ4n) is 3.49. The summed E-state index contributed by atoms with van der Waals surface area (Å²) in [6.45, 7) is 1.65. The van der Waals surface area contributed by atoms with Gasteiger partial charge in [0, 0.05) is 29.2 Å². The highest BCUT2D eigenvalue weighted by atomic mass is 32.1. The fourth-order valence-corrected chi connectivity index (χ4v) is 4.18. The highest BCUT2D eigenvalue weighted by molar-refractivity contribution is 7.09. The lowest BCUT2D eigenvalue weighted by molar-refractivity contribution is 0.318. The topological polar surface area (TPSA) is 61.9 Å². The van der Waals surface area contributed by atoms with E-state index < -0.39 is 0 Å². The summed E-state index contributed by atoms with van der Waals surface area (Å²) in [6, 6.07) is 8.27. The average Bonchev–Trinajstić information content (AvgIpc) is 3.15. The van der Waals surface area contributed by atoms with Crippen LogP contribution in [-0.2, 0) is 25.9 Å². The predicted molar refractivity (Wildman–Crippen MR) is 104 cm³/mol. The third-order valence-electron chi connectivity index (χ3n) is 4.73. The number of hydrogen-bond acceptors (Lipinski definition) is 5. The largest absolute Gasteiger partial charge is 0.306 e. The number of aromatic nitrogens is 3. The van der Waals surface area contributed by atoms with Crippen LogP contribution in [0.5, 0.6) is 0 Å². The predicted octanol–water partition coefficient (Wildman–Crippen LogP) is 3.40. The number of aromatic amines is 1. The summed E-state index contributed by atoms with van der Waals surface area (Å²) in [5, 5.41) is 3.12. The van der Waals surface area contributed by atoms with Crippen molar-refractivity contribution in [2.45, 2.75) is 38.8 Å². The number of H-pyrrole nitrogens is 1. The van der Waals surface area contributed by atoms with E-state index in [2.05, 4.69) is 34.0 Å². The van der Waals surface area contributed by atoms with E-state index in [1.54, 1.807) is 11.3 Å². The maximum Gasteiger partial charge on any atom is 0.254 e. The molecule has 0 radical (unpaired) electrons. The van der Waals surface area contributed by atoms with Crippen LogP contribution in [-0.4, -0.2) is 26.9 Å². The molecule has 1 aromatic carbocycles. The van der Waals surface area contributed by atoms with Crippen molar-refractivity contribution in [2.24, 2.45) is 0 Å². The Morgan fingerprint density at radius 3 is 2.96 bits per heavy atom. The number of nitrogens with one attached hydrogen (secondary N) is 1. The van der Waals surface area contributed by atoms with E-state index in [-0.39, 0.29) is 5.56 Å². The summed E-state index contributed by atoms with van der Waals surface area (Å²) in [5.41, 5.74) is 4.04. The monoisotopic (exact) mass is 366 g/mol. The third kappa shape index (κ3) is 3.76. The van der Waals surface area contributed by atoms with Crippen LogP contribution in [0.1, 0.15) is 34.7 Å². The number of thiazole rings is 1. The van der Waals surface area contributed by atoms with Gasteiger partial charge in [-0.1, -0.05) is 18.2 Å². The second-order valence-corrected chi connectivity index (χ2v) is 7.82. The van der Waals surface area contributed by atoms with Gasteiger partial charge >= 0.3 is 0 Å². The van der Waals surface area contributed by atoms with Crippen molar-refractivity contribution in [1.82, 2.24) is 19.9 Å². The maximum atomic E-state index is 12.4. The molecule has 0 fully saturated rings. The Kier molecular flexibility index (Phi) is 4.95. The zero-order chi connectivity index (χ0) is 17.9. The van der Waals surface area contributed by atoms with Crippen LogP contribution in [0, 0.1) is 0 Å². The maximum absolute atomic E-state index is 12.4. The lowest BCUT2D eigenvalue weighted by Gasteiger charge is -2.17. The van der Waals surface area contributed by atoms with E-state index in [4.69, 9.17) is 4.98 Å². The van der Waals surface area contributed by atoms with Gasteiger partial charge in [-0.25, -0.2) is 9.97 Å². The molecule has 4 rings (SSSR count). The Labute approximate surface area is 156 Å². The van der Waals surface area contributed by atoms with Gasteiger partial charge in [0.2, 0.25) is 0 Å². The molecule has 1 N–H and O–H groups in total. The van der Waals surface area contributed by atoms with E-state index in [0.29, 0.717) is 5.82 Å². The van der Waals surface area contributed by atoms with Crippen LogP contribution in [0.15, 0.2) is 40.6 Å². The molecule has 0 spiro atoms. The Hall–Kier alpha value is -2.31. The Morgan fingerprint density at radius 2 is 2.12 bits per heavy atom. The minimum Gasteiger partial charge on any atom is -0.306 e. The molecule has 0 amide bonds. The van der Waals surface area contributed by atoms with Crippen molar-refractivity contribution in [1.29, 1.82) is 0 Å². The van der Waals surface area contributed by atoms with Crippen molar-refractivity contribution in [3.05, 3.63) is 68.0 Å². The number of aryl methyl sites for hydroxylation is 1. The molecule has 3 aromatic rings. The van der Waals surface area contributed by atoms with E-state index in [1.165, 1.54) is 5.56 Å². The van der Waals surface area contributed by atoms with Gasteiger partial charge in [0.25, 0.3) is 5.56 Å². The minimum atomic E-state index is 0.0241. The molecule has 26 heavy (non-hydrogen) atoms. The fraction of sp³-hybridized carbons (Fsp3) is 0.350. The zero-order valence-corrected chi connectivity index (χ0v) is 15.7. The van der Waals surface area contributed by atoms with Crippen molar-refractivity contribution in [2.75, 3.05) is 7.05 Å². The highest BCUT2D eigenvalue weighted by Gasteiger charge is 2.16. The molecule has 5 nitrogen and oxygen atoms in total. The van der Waals surface area contributed by atoms with E-state index in [1.807, 2.05) is 23.7 Å². The first-order valence-electron chi connectivity index (χ1n) is 8.97. The van der Waals surface area contributed by atoms with Crippen LogP contribution >= 0.6 is 11.3 Å². The van der Waals surface area contributed by atoms with E-state index in [0.717, 1.165) is 60.6 Å². The van der Waals surface area contributed by atoms with Crippen molar-refractivity contribution < 1.29 is 0 Å². The zero-order valence-electron chi connectivity index (χ0n) is 14.9. The van der Waals surface area contributed by atoms with Crippen molar-refractivity contribution in [3.8, 4) is 11.4 Å². The minimum absolute atomic E-state index is 0.0241. The molecular formula is C20H22N4OS. The molecule has 1 aliphatic carbocycles. The lowest BCUT2D eigenvalue weighted by atomic mass is 9.97. The molecule has 0 unspecified atom stereocenters. The van der Waals surface area contributed by atoms with Gasteiger partial charge in [0.05, 0.1) is 12.2 Å². The van der Waals surface area contributed by atoms with Crippen LogP contribution < -0.4 is 5.56 Å². The molecule has 2 heterocycles. The standard InChI is InChI=1S/C20H22N4OS/c1-24(13-18-21-9-10-26-18)12-14-5-4-6-15(11-14)19-22-17-8-3-2-7-16(17)20(25)23-19/h4-6,9-11H,2-3,7-8,12-13H2,1H3,(H,22,23,25). The molecule has 2 aromatic heterocycles. The van der Waals surface area contributed by atoms with Crippen molar-refractivity contribution in [3.63, 3.8) is 0 Å². The second kappa shape index (κ2) is 7.51. The second-order valence-electron chi connectivity index (χ2n) is 6.85. The Morgan fingerprint density at radius 1 is 1.23 bits per heavy atom. The van der Waals surface area contributed by atoms with Crippen LogP contribution in [0.25, 0.3) is 11.4 Å². The summed E-state index contributed by atoms with van der Waals surface area (Å²) >= 11 is 1.67. The quantitative estimate of drug-likeness (QED) is 0.752. The highest BCUT2D eigenvalue weighted by Crippen LogP contribution is 2.21. The first kappa shape index (κ1) is 17.1. The van der Waals surface area contributed by atoms with E-state index >= 15 is 0 Å². The van der Waals surface area contributed by atoms with Crippen molar-refractivity contribution >= 4 is 11.3 Å². The summed E-state index contributed by atoms with van der Waals surface area (Å²) in [7, 11) is 2.09. The molecule has 1 aliphatic rings. The van der Waals surface area contributed by atoms with Gasteiger partial charge < -0.3 is 4.98 Å². The van der Waals surface area contributed by atoms with Gasteiger partial charge in [-0.05, 0) is 44.4 Å². The molecule has 0 aliphatic heterocycles. The van der Waals surface area contributed by atoms with E-state index in [9.17, 15) is 4.79 Å². The number of benzene rings is 1. The Bertz CT molecular complexity index is 949. The molecule has 0 saturated carbocycles. The summed E-state index contributed by atoms with van der Waals surface area (Å²) in [6.07, 6.45) is 5.79. The van der Waals surface area contributed by atoms with Gasteiger partial charge in [0.15, 0.2) is 0 Å². The summed E-state index contributed by atoms with van der Waals surface area (Å²) in [5.74, 6) is 0.681. The molecule has 0 bridgehead atoms. The molecule has 6 heteroatoms. The number of hydrogen-bond donors (Lipinski definition) is 1. The summed E-state index contributed by atoms with van der Waals surface area (Å²) in [4.78, 5) is 26.7. The van der Waals surface area contributed by atoms with Gasteiger partial charge in [0.1, 0.15) is 10.8 Å². The molecule has 134 valence electrons. The molecule has 0 saturated heterocycles. The Balaban J connectivity index is 1.56. The lowest BCUT2D eigenvalue weighted by Crippen LogP contribution is -2.21. The first-order valence-corrected chi connectivity index (χ1v) is 9.85. The summed E-state index contributed by atoms with van der Waals surface area (Å²) < 4.78 is 0. The number of fused-ring (bicyclic) bond motifs is 1. The van der Waals surface area contributed by atoms with Crippen LogP contribution in [0.2, 0.25) is 0 Å². The third-order valence-corrected chi connectivity index (χ3v) is 5.50. The molecular weight excluding hydrogens is 344 g/mol. The van der Waals surface area contributed by atoms with Crippen LogP contribution in [0.3, 0.4) is 0 Å². The normalized spacial score (nSPS) is 13.8. The van der Waals surface area contributed by atoms with Gasteiger partial charge in [-0.2, -0.15) is 0 Å². The SMILES string of the molecule is CN(Cc1cccc(-c2nc3c(c(=O)[nH]2)CCCC3)c1)Cc1nccs1. The number of nitrogens with zero attached hydrogens (tertiary/aromatic N) is 3. The first-order chi connectivity index (χ1) is 12.7. The molecule has 0 atom stereocenters. The average molecular weight is 366 g/mol. The van der Waals surface area contributed by atoms with Gasteiger partial charge in [-0.15, -0.1) is 11.3 Å². The smallest absolute Gasteiger partial charge is 0.254 e. The van der Waals surface area contributed by atoms with Crippen LogP contribution in [0.4, 0.5) is 0 Å². The van der Waals surface area contributed by atoms with Gasteiger partial charge in [-0.3, -0.25) is 9.69 Å². The number of rotatable bonds is 5.